The molecule has 0 bridgehead atoms. The van der Waals surface area contributed by atoms with Crippen molar-refractivity contribution < 1.29 is 22.4 Å². The van der Waals surface area contributed by atoms with Crippen LogP contribution >= 0.6 is 11.6 Å². The highest BCUT2D eigenvalue weighted by atomic mass is 35.5. The number of hydrogen-bond acceptors (Lipinski definition) is 5. The fourth-order valence-electron chi connectivity index (χ4n) is 2.42. The normalized spacial score (nSPS) is 11.2. The maximum absolute atomic E-state index is 12.4. The lowest BCUT2D eigenvalue weighted by molar-refractivity contribution is -0.123. The molecule has 0 spiro atoms. The van der Waals surface area contributed by atoms with E-state index in [0.29, 0.717) is 5.76 Å². The molecule has 152 valence electrons. The molecule has 0 unspecified atom stereocenters. The van der Waals surface area contributed by atoms with Crippen LogP contribution in [0.15, 0.2) is 76.2 Å². The van der Waals surface area contributed by atoms with Gasteiger partial charge >= 0.3 is 0 Å². The van der Waals surface area contributed by atoms with E-state index in [0.717, 1.165) is 5.56 Å². The largest absolute Gasteiger partial charge is 0.482 e. The lowest BCUT2D eigenvalue weighted by Gasteiger charge is -2.11. The summed E-state index contributed by atoms with van der Waals surface area (Å²) in [6.45, 7) is 0.140. The number of hydrogen-bond donors (Lipinski definition) is 2. The highest BCUT2D eigenvalue weighted by molar-refractivity contribution is 7.89. The van der Waals surface area contributed by atoms with Crippen LogP contribution in [0, 0.1) is 0 Å². The molecule has 1 heterocycles. The van der Waals surface area contributed by atoms with Crippen LogP contribution in [0.3, 0.4) is 0 Å². The number of amides is 1. The number of furan rings is 1. The predicted octanol–water partition coefficient (Wildman–Crippen LogP) is 3.11. The number of carbonyl (C=O) groups excluding carboxylic acids is 1. The van der Waals surface area contributed by atoms with Crippen molar-refractivity contribution in [2.24, 2.45) is 0 Å². The van der Waals surface area contributed by atoms with Crippen molar-refractivity contribution in [3.05, 3.63) is 83.3 Å². The van der Waals surface area contributed by atoms with Crippen LogP contribution < -0.4 is 14.8 Å². The number of carbonyl (C=O) groups is 1. The summed E-state index contributed by atoms with van der Waals surface area (Å²) in [6.07, 6.45) is 1.52. The van der Waals surface area contributed by atoms with Gasteiger partial charge in [-0.15, -0.1) is 0 Å². The van der Waals surface area contributed by atoms with E-state index in [-0.39, 0.29) is 41.3 Å². The zero-order chi connectivity index (χ0) is 20.7. The Hall–Kier alpha value is -2.81. The first kappa shape index (κ1) is 20.9. The van der Waals surface area contributed by atoms with E-state index in [1.807, 2.05) is 30.3 Å². The summed E-state index contributed by atoms with van der Waals surface area (Å²) in [4.78, 5) is 11.8. The fourth-order valence-corrected chi connectivity index (χ4v) is 3.76. The molecule has 0 saturated carbocycles. The topological polar surface area (TPSA) is 97.6 Å². The minimum atomic E-state index is -3.74. The summed E-state index contributed by atoms with van der Waals surface area (Å²) in [7, 11) is -3.74. The highest BCUT2D eigenvalue weighted by Crippen LogP contribution is 2.27. The maximum Gasteiger partial charge on any atom is 0.258 e. The van der Waals surface area contributed by atoms with E-state index in [2.05, 4.69) is 10.0 Å². The third kappa shape index (κ3) is 6.08. The number of benzene rings is 2. The highest BCUT2D eigenvalue weighted by Gasteiger charge is 2.16. The van der Waals surface area contributed by atoms with Gasteiger partial charge in [0, 0.05) is 6.54 Å². The Morgan fingerprint density at radius 2 is 1.83 bits per heavy atom. The Bertz CT molecular complexity index is 1050. The van der Waals surface area contributed by atoms with Crippen LogP contribution in [0.5, 0.6) is 5.75 Å². The zero-order valence-corrected chi connectivity index (χ0v) is 16.9. The van der Waals surface area contributed by atoms with Gasteiger partial charge in [-0.2, -0.15) is 0 Å². The van der Waals surface area contributed by atoms with Gasteiger partial charge in [0.25, 0.3) is 5.91 Å². The van der Waals surface area contributed by atoms with Gasteiger partial charge in [0.1, 0.15) is 11.5 Å². The minimum absolute atomic E-state index is 0.00746. The van der Waals surface area contributed by atoms with Crippen LogP contribution in [0.1, 0.15) is 11.3 Å². The molecular weight excluding hydrogens is 416 g/mol. The summed E-state index contributed by atoms with van der Waals surface area (Å²) in [6, 6.07) is 16.7. The molecule has 1 aromatic heterocycles. The molecule has 0 aliphatic heterocycles. The van der Waals surface area contributed by atoms with Gasteiger partial charge in [-0.3, -0.25) is 4.79 Å². The Morgan fingerprint density at radius 1 is 1.03 bits per heavy atom. The number of halogens is 1. The van der Waals surface area contributed by atoms with E-state index >= 15 is 0 Å². The quantitative estimate of drug-likeness (QED) is 0.539. The van der Waals surface area contributed by atoms with Gasteiger partial charge in [-0.25, -0.2) is 13.1 Å². The Balaban J connectivity index is 1.55. The fraction of sp³-hybridized carbons (Fsp3) is 0.150. The average molecular weight is 435 g/mol. The summed E-state index contributed by atoms with van der Waals surface area (Å²) in [5.74, 6) is 0.467. The first-order chi connectivity index (χ1) is 13.9. The Kier molecular flexibility index (Phi) is 6.92. The molecule has 9 heteroatoms. The van der Waals surface area contributed by atoms with Crippen LogP contribution in [-0.2, 0) is 27.9 Å². The van der Waals surface area contributed by atoms with Crippen molar-refractivity contribution >= 4 is 27.5 Å². The minimum Gasteiger partial charge on any atom is -0.482 e. The van der Waals surface area contributed by atoms with E-state index < -0.39 is 10.0 Å². The van der Waals surface area contributed by atoms with Crippen LogP contribution in [0.25, 0.3) is 0 Å². The third-order valence-corrected chi connectivity index (χ3v) is 5.62. The SMILES string of the molecule is O=C(COc1ccc(S(=O)(=O)NCc2ccccc2)cc1Cl)NCc1ccco1. The van der Waals surface area contributed by atoms with E-state index in [1.54, 1.807) is 12.1 Å². The van der Waals surface area contributed by atoms with Crippen molar-refractivity contribution in [2.75, 3.05) is 6.61 Å². The number of nitrogens with one attached hydrogen (secondary N) is 2. The monoisotopic (exact) mass is 434 g/mol. The smallest absolute Gasteiger partial charge is 0.258 e. The molecule has 29 heavy (non-hydrogen) atoms. The number of sulfonamides is 1. The Labute approximate surface area is 173 Å². The zero-order valence-electron chi connectivity index (χ0n) is 15.3. The molecular formula is C20H19ClN2O5S. The van der Waals surface area contributed by atoms with Gasteiger partial charge in [0.05, 0.1) is 22.7 Å². The standard InChI is InChI=1S/C20H19ClN2O5S/c21-18-11-17(29(25,26)23-12-15-5-2-1-3-6-15)8-9-19(18)28-14-20(24)22-13-16-7-4-10-27-16/h1-11,23H,12-14H2,(H,22,24). The van der Waals surface area contributed by atoms with E-state index in [9.17, 15) is 13.2 Å². The van der Waals surface area contributed by atoms with E-state index in [4.69, 9.17) is 20.8 Å². The summed E-state index contributed by atoms with van der Waals surface area (Å²) >= 11 is 6.13. The summed E-state index contributed by atoms with van der Waals surface area (Å²) < 4.78 is 37.9. The van der Waals surface area contributed by atoms with Gasteiger partial charge in [-0.05, 0) is 35.9 Å². The van der Waals surface area contributed by atoms with Crippen LogP contribution in [0.4, 0.5) is 0 Å². The second-order valence-electron chi connectivity index (χ2n) is 6.05. The molecule has 0 aliphatic rings. The molecule has 3 aromatic rings. The lowest BCUT2D eigenvalue weighted by atomic mass is 10.2. The van der Waals surface area contributed by atoms with Gasteiger partial charge in [0.15, 0.2) is 6.61 Å². The predicted molar refractivity (Wildman–Crippen MR) is 108 cm³/mol. The van der Waals surface area contributed by atoms with Crippen molar-refractivity contribution in [1.29, 1.82) is 0 Å². The van der Waals surface area contributed by atoms with Crippen LogP contribution in [0.2, 0.25) is 5.02 Å². The maximum atomic E-state index is 12.4. The van der Waals surface area contributed by atoms with Gasteiger partial charge in [-0.1, -0.05) is 41.9 Å². The van der Waals surface area contributed by atoms with Crippen LogP contribution in [-0.4, -0.2) is 20.9 Å². The summed E-state index contributed by atoms with van der Waals surface area (Å²) in [5, 5.41) is 2.73. The van der Waals surface area contributed by atoms with Crippen molar-refractivity contribution in [3.8, 4) is 5.75 Å². The molecule has 3 rings (SSSR count). The second kappa shape index (κ2) is 9.60. The molecule has 7 nitrogen and oxygen atoms in total. The van der Waals surface area contributed by atoms with Gasteiger partial charge < -0.3 is 14.5 Å². The van der Waals surface area contributed by atoms with Crippen molar-refractivity contribution in [2.45, 2.75) is 18.0 Å². The molecule has 0 saturated heterocycles. The lowest BCUT2D eigenvalue weighted by Crippen LogP contribution is -2.28. The molecule has 0 atom stereocenters. The van der Waals surface area contributed by atoms with E-state index in [1.165, 1.54) is 24.5 Å². The second-order valence-corrected chi connectivity index (χ2v) is 8.22. The van der Waals surface area contributed by atoms with Crippen molar-refractivity contribution in [1.82, 2.24) is 10.0 Å². The molecule has 0 fully saturated rings. The van der Waals surface area contributed by atoms with Crippen molar-refractivity contribution in [3.63, 3.8) is 0 Å². The first-order valence-corrected chi connectivity index (χ1v) is 10.6. The summed E-state index contributed by atoms with van der Waals surface area (Å²) in [5.41, 5.74) is 0.836. The molecule has 0 aliphatic carbocycles. The first-order valence-electron chi connectivity index (χ1n) is 8.69. The van der Waals surface area contributed by atoms with Gasteiger partial charge in [0.2, 0.25) is 10.0 Å². The molecule has 1 amide bonds. The molecule has 2 aromatic carbocycles. The average Bonchev–Trinajstić information content (AvgIpc) is 3.24. The third-order valence-electron chi connectivity index (χ3n) is 3.92. The number of rotatable bonds is 9. The molecule has 2 N–H and O–H groups in total. The Morgan fingerprint density at radius 3 is 2.52 bits per heavy atom. The number of ether oxygens (including phenoxy) is 1. The molecule has 0 radical (unpaired) electrons.